The molecule has 2 N–H and O–H groups in total. The number of benzene rings is 3. The minimum Gasteiger partial charge on any atom is -0.354 e. The second-order valence-corrected chi connectivity index (χ2v) is 7.83. The number of hydrogen-bond donors (Lipinski definition) is 2. The van der Waals surface area contributed by atoms with Gasteiger partial charge in [0.15, 0.2) is 10.9 Å². The topological polar surface area (TPSA) is 69.0 Å². The van der Waals surface area contributed by atoms with E-state index in [1.165, 1.54) is 0 Å². The number of fused-ring (bicyclic) bond motifs is 4. The van der Waals surface area contributed by atoms with Crippen LogP contribution in [0.25, 0.3) is 43.6 Å². The summed E-state index contributed by atoms with van der Waals surface area (Å²) in [7, 11) is 4.08. The number of nitrogens with zero attached hydrogens (tertiary/aromatic N) is 1. The summed E-state index contributed by atoms with van der Waals surface area (Å²) in [5, 5.41) is 2.48. The third-order valence-corrected chi connectivity index (χ3v) is 5.53. The summed E-state index contributed by atoms with van der Waals surface area (Å²) in [6.45, 7) is 0.927. The van der Waals surface area contributed by atoms with Crippen LogP contribution in [0.15, 0.2) is 64.2 Å². The normalized spacial score (nSPS) is 12.0. The highest BCUT2D eigenvalue weighted by Crippen LogP contribution is 2.22. The fourth-order valence-electron chi connectivity index (χ4n) is 3.95. The molecule has 2 aromatic heterocycles. The highest BCUT2D eigenvalue weighted by atomic mass is 16.1. The molecule has 0 saturated heterocycles. The second kappa shape index (κ2) is 6.57. The Hall–Kier alpha value is -3.44. The van der Waals surface area contributed by atoms with Gasteiger partial charge in [-0.2, -0.15) is 0 Å². The largest absolute Gasteiger partial charge is 0.354 e. The molecule has 2 heterocycles. The zero-order chi connectivity index (χ0) is 20.1. The highest BCUT2D eigenvalue weighted by molar-refractivity contribution is 6.02. The van der Waals surface area contributed by atoms with E-state index in [0.29, 0.717) is 32.6 Å². The first kappa shape index (κ1) is 17.6. The Morgan fingerprint density at radius 3 is 1.97 bits per heavy atom. The van der Waals surface area contributed by atoms with Gasteiger partial charge in [0.05, 0.1) is 11.0 Å². The van der Waals surface area contributed by atoms with Crippen molar-refractivity contribution >= 4 is 43.6 Å². The summed E-state index contributed by atoms with van der Waals surface area (Å²) >= 11 is 0. The van der Waals surface area contributed by atoms with Crippen molar-refractivity contribution in [1.82, 2.24) is 14.9 Å². The number of H-pyrrole nitrogens is 2. The average Bonchev–Trinajstić information content (AvgIpc) is 2.72. The first-order valence-electron chi connectivity index (χ1n) is 9.69. The molecule has 29 heavy (non-hydrogen) atoms. The lowest BCUT2D eigenvalue weighted by molar-refractivity contribution is 0.414. The van der Waals surface area contributed by atoms with Gasteiger partial charge in [0, 0.05) is 39.1 Å². The zero-order valence-corrected chi connectivity index (χ0v) is 16.4. The van der Waals surface area contributed by atoms with E-state index < -0.39 is 0 Å². The van der Waals surface area contributed by atoms with Gasteiger partial charge in [-0.1, -0.05) is 18.2 Å². The number of para-hydroxylation sites is 1. The van der Waals surface area contributed by atoms with E-state index in [0.717, 1.165) is 29.6 Å². The van der Waals surface area contributed by atoms with Gasteiger partial charge in [-0.05, 0) is 62.5 Å². The number of pyridine rings is 2. The lowest BCUT2D eigenvalue weighted by Crippen LogP contribution is -2.15. The minimum absolute atomic E-state index is 0.0173. The van der Waals surface area contributed by atoms with Gasteiger partial charge >= 0.3 is 0 Å². The molecular weight excluding hydrogens is 362 g/mol. The van der Waals surface area contributed by atoms with E-state index in [1.807, 2.05) is 50.5 Å². The molecule has 5 nitrogen and oxygen atoms in total. The van der Waals surface area contributed by atoms with E-state index in [1.54, 1.807) is 12.1 Å². The maximum absolute atomic E-state index is 13.2. The van der Waals surface area contributed by atoms with E-state index in [2.05, 4.69) is 20.9 Å². The number of nitrogens with one attached hydrogen (secondary N) is 2. The second-order valence-electron chi connectivity index (χ2n) is 7.83. The van der Waals surface area contributed by atoms with Gasteiger partial charge < -0.3 is 14.9 Å². The molecule has 0 aliphatic heterocycles. The van der Waals surface area contributed by atoms with Crippen molar-refractivity contribution in [1.29, 1.82) is 0 Å². The van der Waals surface area contributed by atoms with Crippen molar-refractivity contribution in [2.75, 3.05) is 20.6 Å². The summed E-state index contributed by atoms with van der Waals surface area (Å²) in [6.07, 6.45) is 0.886. The predicted octanol–water partition coefficient (Wildman–Crippen LogP) is 3.78. The van der Waals surface area contributed by atoms with E-state index in [9.17, 15) is 9.59 Å². The van der Waals surface area contributed by atoms with Gasteiger partial charge in [0.2, 0.25) is 0 Å². The number of rotatable bonds is 3. The summed E-state index contributed by atoms with van der Waals surface area (Å²) in [4.78, 5) is 35.0. The lowest BCUT2D eigenvalue weighted by atomic mass is 10.0. The molecule has 5 heteroatoms. The molecule has 5 aromatic rings. The van der Waals surface area contributed by atoms with Crippen LogP contribution in [-0.4, -0.2) is 35.5 Å². The fraction of sp³-hybridized carbons (Fsp3) is 0.167. The molecule has 0 unspecified atom stereocenters. The first-order chi connectivity index (χ1) is 14.0. The van der Waals surface area contributed by atoms with Gasteiger partial charge in [-0.15, -0.1) is 0 Å². The summed E-state index contributed by atoms with van der Waals surface area (Å²) in [5.74, 6) is 0. The molecule has 144 valence electrons. The van der Waals surface area contributed by atoms with Crippen molar-refractivity contribution in [2.45, 2.75) is 6.42 Å². The Balaban J connectivity index is 1.79. The molecule has 0 radical (unpaired) electrons. The third kappa shape index (κ3) is 2.91. The van der Waals surface area contributed by atoms with Gasteiger partial charge in [-0.25, -0.2) is 0 Å². The van der Waals surface area contributed by atoms with Crippen molar-refractivity contribution in [2.24, 2.45) is 0 Å². The molecule has 5 rings (SSSR count). The van der Waals surface area contributed by atoms with Crippen LogP contribution in [0.5, 0.6) is 0 Å². The molecule has 0 amide bonds. The number of aromatic nitrogens is 2. The minimum atomic E-state index is -0.0313. The average molecular weight is 383 g/mol. The van der Waals surface area contributed by atoms with Crippen LogP contribution >= 0.6 is 0 Å². The van der Waals surface area contributed by atoms with Crippen LogP contribution in [0.4, 0.5) is 0 Å². The van der Waals surface area contributed by atoms with Gasteiger partial charge in [-0.3, -0.25) is 9.59 Å². The molecule has 0 aliphatic carbocycles. The number of aromatic amines is 2. The Bertz CT molecular complexity index is 1530. The van der Waals surface area contributed by atoms with Crippen molar-refractivity contribution in [3.05, 3.63) is 80.6 Å². The molecular formula is C24H21N3O2. The maximum Gasteiger partial charge on any atom is 0.197 e. The zero-order valence-electron chi connectivity index (χ0n) is 16.4. The molecule has 3 aromatic carbocycles. The Kier molecular flexibility index (Phi) is 4.00. The van der Waals surface area contributed by atoms with Crippen molar-refractivity contribution < 1.29 is 0 Å². The van der Waals surface area contributed by atoms with Gasteiger partial charge in [0.25, 0.3) is 0 Å². The molecule has 0 saturated carbocycles. The van der Waals surface area contributed by atoms with Crippen molar-refractivity contribution in [3.8, 4) is 0 Å². The lowest BCUT2D eigenvalue weighted by Gasteiger charge is -2.10. The smallest absolute Gasteiger partial charge is 0.197 e. The number of hydrogen-bond acceptors (Lipinski definition) is 3. The third-order valence-electron chi connectivity index (χ3n) is 5.53. The standard InChI is InChI=1S/C24H21N3O2/c1-27(2)10-9-14-7-8-20-16(11-14)24(29)18-13-21-17(12-22(18)26-20)23(28)15-5-3-4-6-19(15)25-21/h3-8,11-13H,9-10H2,1-2H3,(H,25,28)(H,26,29). The SMILES string of the molecule is CN(C)CCc1ccc2[nH]c3cc4c(=O)c5ccccc5[nH]c4cc3c(=O)c2c1. The van der Waals surface area contributed by atoms with E-state index in [-0.39, 0.29) is 10.9 Å². The Labute approximate surface area is 166 Å². The van der Waals surface area contributed by atoms with Gasteiger partial charge in [0.1, 0.15) is 0 Å². The first-order valence-corrected chi connectivity index (χ1v) is 9.69. The molecule has 0 atom stereocenters. The molecule has 0 aliphatic rings. The fourth-order valence-corrected chi connectivity index (χ4v) is 3.95. The monoisotopic (exact) mass is 383 g/mol. The highest BCUT2D eigenvalue weighted by Gasteiger charge is 2.11. The summed E-state index contributed by atoms with van der Waals surface area (Å²) in [6, 6.07) is 17.0. The van der Waals surface area contributed by atoms with Crippen LogP contribution in [0, 0.1) is 0 Å². The predicted molar refractivity (Wildman–Crippen MR) is 120 cm³/mol. The quantitative estimate of drug-likeness (QED) is 0.466. The van der Waals surface area contributed by atoms with Crippen LogP contribution in [-0.2, 0) is 6.42 Å². The molecule has 0 spiro atoms. The van der Waals surface area contributed by atoms with Crippen molar-refractivity contribution in [3.63, 3.8) is 0 Å². The maximum atomic E-state index is 13.2. The van der Waals surface area contributed by atoms with Crippen LogP contribution in [0.3, 0.4) is 0 Å². The van der Waals surface area contributed by atoms with E-state index in [4.69, 9.17) is 0 Å². The van der Waals surface area contributed by atoms with Crippen LogP contribution in [0.2, 0.25) is 0 Å². The Morgan fingerprint density at radius 1 is 0.690 bits per heavy atom. The van der Waals surface area contributed by atoms with E-state index >= 15 is 0 Å². The number of likely N-dealkylation sites (N-methyl/N-ethyl adjacent to an activating group) is 1. The molecule has 0 fully saturated rings. The molecule has 0 bridgehead atoms. The summed E-state index contributed by atoms with van der Waals surface area (Å²) < 4.78 is 0. The van der Waals surface area contributed by atoms with Crippen LogP contribution < -0.4 is 10.9 Å². The van der Waals surface area contributed by atoms with Crippen LogP contribution in [0.1, 0.15) is 5.56 Å². The Morgan fingerprint density at radius 2 is 1.28 bits per heavy atom. The summed E-state index contributed by atoms with van der Waals surface area (Å²) in [5.41, 5.74) is 4.00.